The fourth-order valence-corrected chi connectivity index (χ4v) is 3.84. The standard InChI is InChI=1S/C27H24N8O3/c1-3-37-22-15-13-21(14-16-22)24-23(30-34-35(24)26-25(28)32-38-33-26)27(36)31-29-17(2)18-9-11-20(12-10-18)19-7-5-4-6-8-19/h4-16H,3H2,1-2H3,(H2,28,32)(H,31,36)/b29-17-. The lowest BCUT2D eigenvalue weighted by atomic mass is 10.0. The minimum atomic E-state index is -0.560. The summed E-state index contributed by atoms with van der Waals surface area (Å²) in [4.78, 5) is 13.2. The van der Waals surface area contributed by atoms with Gasteiger partial charge in [0.2, 0.25) is 11.6 Å². The molecule has 2 aromatic heterocycles. The van der Waals surface area contributed by atoms with Crippen LogP contribution in [-0.4, -0.2) is 43.5 Å². The molecule has 0 aliphatic carbocycles. The molecule has 0 atom stereocenters. The third kappa shape index (κ3) is 4.98. The van der Waals surface area contributed by atoms with E-state index in [1.54, 1.807) is 24.3 Å². The number of anilines is 1. The minimum absolute atomic E-state index is 0.00172. The number of hydrogen-bond acceptors (Lipinski definition) is 9. The van der Waals surface area contributed by atoms with Crippen LogP contribution < -0.4 is 15.9 Å². The average Bonchev–Trinajstić information content (AvgIpc) is 3.59. The van der Waals surface area contributed by atoms with Crippen molar-refractivity contribution in [3.63, 3.8) is 0 Å². The van der Waals surface area contributed by atoms with E-state index in [9.17, 15) is 4.79 Å². The highest BCUT2D eigenvalue weighted by Crippen LogP contribution is 2.28. The number of nitrogens with two attached hydrogens (primary N) is 1. The van der Waals surface area contributed by atoms with Crippen molar-refractivity contribution < 1.29 is 14.2 Å². The first-order valence-corrected chi connectivity index (χ1v) is 11.8. The van der Waals surface area contributed by atoms with E-state index < -0.39 is 5.91 Å². The van der Waals surface area contributed by atoms with Crippen LogP contribution in [0.5, 0.6) is 5.75 Å². The van der Waals surface area contributed by atoms with E-state index in [-0.39, 0.29) is 17.3 Å². The van der Waals surface area contributed by atoms with E-state index >= 15 is 0 Å². The zero-order valence-electron chi connectivity index (χ0n) is 20.7. The number of ether oxygens (including phenoxy) is 1. The Hall–Kier alpha value is -5.32. The number of nitrogens with one attached hydrogen (secondary N) is 1. The maximum absolute atomic E-state index is 13.2. The molecule has 0 saturated carbocycles. The topological polar surface area (TPSA) is 146 Å². The van der Waals surface area contributed by atoms with Crippen molar-refractivity contribution in [2.45, 2.75) is 13.8 Å². The second kappa shape index (κ2) is 10.7. The second-order valence-electron chi connectivity index (χ2n) is 8.21. The van der Waals surface area contributed by atoms with Crippen LogP contribution in [0.1, 0.15) is 29.9 Å². The molecule has 5 rings (SSSR count). The zero-order valence-corrected chi connectivity index (χ0v) is 20.7. The van der Waals surface area contributed by atoms with E-state index in [0.29, 0.717) is 29.3 Å². The third-order valence-corrected chi connectivity index (χ3v) is 5.76. The number of carbonyl (C=O) groups is 1. The number of hydrogen-bond donors (Lipinski definition) is 2. The van der Waals surface area contributed by atoms with Gasteiger partial charge in [0.1, 0.15) is 11.4 Å². The fourth-order valence-electron chi connectivity index (χ4n) is 3.84. The van der Waals surface area contributed by atoms with Crippen LogP contribution in [0.15, 0.2) is 88.6 Å². The monoisotopic (exact) mass is 508 g/mol. The summed E-state index contributed by atoms with van der Waals surface area (Å²) in [7, 11) is 0. The number of hydrazone groups is 1. The molecule has 11 nitrogen and oxygen atoms in total. The summed E-state index contributed by atoms with van der Waals surface area (Å²) >= 11 is 0. The van der Waals surface area contributed by atoms with Gasteiger partial charge >= 0.3 is 0 Å². The lowest BCUT2D eigenvalue weighted by Gasteiger charge is -2.08. The Morgan fingerprint density at radius 1 is 0.974 bits per heavy atom. The Morgan fingerprint density at radius 2 is 1.66 bits per heavy atom. The van der Waals surface area contributed by atoms with E-state index in [4.69, 9.17) is 15.1 Å². The Bertz CT molecular complexity index is 1570. The molecule has 0 radical (unpaired) electrons. The van der Waals surface area contributed by atoms with Gasteiger partial charge in [0, 0.05) is 5.56 Å². The molecule has 0 aliphatic rings. The van der Waals surface area contributed by atoms with Crippen molar-refractivity contribution >= 4 is 17.4 Å². The summed E-state index contributed by atoms with van der Waals surface area (Å²) in [6, 6.07) is 25.1. The van der Waals surface area contributed by atoms with Crippen LogP contribution in [0.25, 0.3) is 28.2 Å². The molecule has 38 heavy (non-hydrogen) atoms. The lowest BCUT2D eigenvalue weighted by Crippen LogP contribution is -2.21. The zero-order chi connectivity index (χ0) is 26.5. The summed E-state index contributed by atoms with van der Waals surface area (Å²) in [5.74, 6) is 0.235. The highest BCUT2D eigenvalue weighted by atomic mass is 16.6. The highest BCUT2D eigenvalue weighted by molar-refractivity contribution is 6.02. The Labute approximate surface area is 217 Å². The summed E-state index contributed by atoms with van der Waals surface area (Å²) in [6.45, 7) is 4.24. The summed E-state index contributed by atoms with van der Waals surface area (Å²) < 4.78 is 11.5. The maximum atomic E-state index is 13.2. The fraction of sp³-hybridized carbons (Fsp3) is 0.111. The minimum Gasteiger partial charge on any atom is -0.494 e. The van der Waals surface area contributed by atoms with Gasteiger partial charge < -0.3 is 10.5 Å². The molecule has 0 aliphatic heterocycles. The Kier molecular flexibility index (Phi) is 6.89. The maximum Gasteiger partial charge on any atom is 0.294 e. The predicted octanol–water partition coefficient (Wildman–Crippen LogP) is 4.12. The molecular weight excluding hydrogens is 484 g/mol. The van der Waals surface area contributed by atoms with Crippen LogP contribution in [0.3, 0.4) is 0 Å². The highest BCUT2D eigenvalue weighted by Gasteiger charge is 2.25. The van der Waals surface area contributed by atoms with Crippen molar-refractivity contribution in [3.8, 4) is 34.0 Å². The number of nitrogen functional groups attached to an aromatic ring is 1. The first-order valence-electron chi connectivity index (χ1n) is 11.8. The number of aromatic nitrogens is 5. The number of benzene rings is 3. The number of carbonyl (C=O) groups excluding carboxylic acids is 1. The van der Waals surface area contributed by atoms with E-state index in [0.717, 1.165) is 16.7 Å². The van der Waals surface area contributed by atoms with Crippen molar-refractivity contribution in [2.24, 2.45) is 5.10 Å². The van der Waals surface area contributed by atoms with Gasteiger partial charge in [-0.25, -0.2) is 10.1 Å². The molecule has 0 bridgehead atoms. The lowest BCUT2D eigenvalue weighted by molar-refractivity contribution is 0.0950. The quantitative estimate of drug-likeness (QED) is 0.235. The molecular formula is C27H24N8O3. The van der Waals surface area contributed by atoms with Gasteiger partial charge in [0.05, 0.1) is 12.3 Å². The molecule has 0 spiro atoms. The van der Waals surface area contributed by atoms with E-state index in [1.807, 2.05) is 68.4 Å². The average molecular weight is 509 g/mol. The van der Waals surface area contributed by atoms with Gasteiger partial charge in [-0.1, -0.05) is 59.8 Å². The molecule has 11 heteroatoms. The van der Waals surface area contributed by atoms with Crippen LogP contribution >= 0.6 is 0 Å². The normalized spacial score (nSPS) is 11.4. The van der Waals surface area contributed by atoms with Crippen LogP contribution in [0, 0.1) is 0 Å². The number of nitrogens with zero attached hydrogens (tertiary/aromatic N) is 6. The van der Waals surface area contributed by atoms with Crippen molar-refractivity contribution in [3.05, 3.63) is 90.1 Å². The van der Waals surface area contributed by atoms with Gasteiger partial charge in [-0.3, -0.25) is 4.79 Å². The van der Waals surface area contributed by atoms with E-state index in [2.05, 4.69) is 31.2 Å². The summed E-state index contributed by atoms with van der Waals surface area (Å²) in [5.41, 5.74) is 13.1. The molecule has 3 N–H and O–H groups in total. The third-order valence-electron chi connectivity index (χ3n) is 5.76. The molecule has 0 unspecified atom stereocenters. The van der Waals surface area contributed by atoms with Gasteiger partial charge in [-0.15, -0.1) is 5.10 Å². The summed E-state index contributed by atoms with van der Waals surface area (Å²) in [6.07, 6.45) is 0. The molecule has 5 aromatic rings. The molecule has 1 amide bonds. The predicted molar refractivity (Wildman–Crippen MR) is 142 cm³/mol. The second-order valence-corrected chi connectivity index (χ2v) is 8.21. The van der Waals surface area contributed by atoms with Gasteiger partial charge in [0.25, 0.3) is 5.91 Å². The van der Waals surface area contributed by atoms with Crippen molar-refractivity contribution in [2.75, 3.05) is 12.3 Å². The summed E-state index contributed by atoms with van der Waals surface area (Å²) in [5, 5.41) is 19.8. The Morgan fingerprint density at radius 3 is 2.32 bits per heavy atom. The van der Waals surface area contributed by atoms with Crippen LogP contribution in [-0.2, 0) is 0 Å². The van der Waals surface area contributed by atoms with Crippen molar-refractivity contribution in [1.82, 2.24) is 30.7 Å². The smallest absolute Gasteiger partial charge is 0.294 e. The van der Waals surface area contributed by atoms with Crippen molar-refractivity contribution in [1.29, 1.82) is 0 Å². The first kappa shape index (κ1) is 24.4. The van der Waals surface area contributed by atoms with E-state index in [1.165, 1.54) is 4.68 Å². The number of amides is 1. The SMILES string of the molecule is CCOc1ccc(-c2c(C(=O)N/N=C(/C)c3ccc(-c4ccccc4)cc3)nnn2-c2nonc2N)cc1. The molecule has 2 heterocycles. The molecule has 3 aromatic carbocycles. The first-order chi connectivity index (χ1) is 18.5. The van der Waals surface area contributed by atoms with Gasteiger partial charge in [-0.2, -0.15) is 9.78 Å². The Balaban J connectivity index is 1.42. The molecule has 0 saturated heterocycles. The van der Waals surface area contributed by atoms with Gasteiger partial charge in [0.15, 0.2) is 5.69 Å². The largest absolute Gasteiger partial charge is 0.494 e. The van der Waals surface area contributed by atoms with Crippen LogP contribution in [0.2, 0.25) is 0 Å². The molecule has 0 fully saturated rings. The number of rotatable bonds is 8. The van der Waals surface area contributed by atoms with Gasteiger partial charge in [-0.05, 0) is 65.1 Å². The molecule has 190 valence electrons. The van der Waals surface area contributed by atoms with Crippen LogP contribution in [0.4, 0.5) is 5.82 Å².